The fourth-order valence-electron chi connectivity index (χ4n) is 1.26. The Morgan fingerprint density at radius 2 is 2.33 bits per heavy atom. The lowest BCUT2D eigenvalue weighted by Gasteiger charge is -2.11. The van der Waals surface area contributed by atoms with Crippen molar-refractivity contribution in [3.05, 3.63) is 28.4 Å². The van der Waals surface area contributed by atoms with Gasteiger partial charge in [-0.25, -0.2) is 0 Å². The average molecular weight is 167 g/mol. The highest BCUT2D eigenvalue weighted by Crippen LogP contribution is 2.20. The van der Waals surface area contributed by atoms with Gasteiger partial charge in [-0.1, -0.05) is 16.8 Å². The molecule has 1 rings (SSSR count). The normalized spacial score (nSPS) is 19.4. The summed E-state index contributed by atoms with van der Waals surface area (Å²) < 4.78 is 0. The topological polar surface area (TPSA) is 49.7 Å². The van der Waals surface area contributed by atoms with Crippen molar-refractivity contribution in [2.45, 2.75) is 32.2 Å². The van der Waals surface area contributed by atoms with Gasteiger partial charge in [0.15, 0.2) is 0 Å². The van der Waals surface area contributed by atoms with Gasteiger partial charge >= 0.3 is 0 Å². The van der Waals surface area contributed by atoms with Gasteiger partial charge in [0, 0.05) is 6.42 Å². The van der Waals surface area contributed by atoms with Crippen LogP contribution < -0.4 is 0 Å². The summed E-state index contributed by atoms with van der Waals surface area (Å²) in [5.41, 5.74) is 1.19. The Hall–Kier alpha value is -1.12. The Morgan fingerprint density at radius 1 is 1.58 bits per heavy atom. The van der Waals surface area contributed by atoms with E-state index < -0.39 is 0 Å². The number of allylic oxidation sites excluding steroid dienone is 3. The molecular formula is C9H13NO2. The molecule has 0 saturated heterocycles. The zero-order chi connectivity index (χ0) is 8.97. The highest BCUT2D eigenvalue weighted by Gasteiger charge is 2.08. The zero-order valence-corrected chi connectivity index (χ0v) is 7.16. The van der Waals surface area contributed by atoms with Crippen molar-refractivity contribution in [1.82, 2.24) is 0 Å². The highest BCUT2D eigenvalue weighted by molar-refractivity contribution is 5.20. The van der Waals surface area contributed by atoms with Gasteiger partial charge in [-0.15, -0.1) is 0 Å². The molecule has 0 aliphatic heterocycles. The molecule has 1 unspecified atom stereocenters. The summed E-state index contributed by atoms with van der Waals surface area (Å²) in [6, 6.07) is -0.148. The molecule has 0 spiro atoms. The van der Waals surface area contributed by atoms with E-state index in [0.717, 1.165) is 6.42 Å². The van der Waals surface area contributed by atoms with E-state index in [1.807, 2.05) is 6.08 Å². The summed E-state index contributed by atoms with van der Waals surface area (Å²) in [6.45, 7) is 1.80. The molecule has 1 aliphatic carbocycles. The van der Waals surface area contributed by atoms with E-state index in [-0.39, 0.29) is 6.04 Å². The summed E-state index contributed by atoms with van der Waals surface area (Å²) in [6.07, 6.45) is 5.82. The van der Waals surface area contributed by atoms with E-state index in [9.17, 15) is 4.91 Å². The first-order valence-corrected chi connectivity index (χ1v) is 4.12. The average Bonchev–Trinajstić information content (AvgIpc) is 2.09. The molecule has 0 aromatic carbocycles. The lowest BCUT2D eigenvalue weighted by Crippen LogP contribution is -2.01. The van der Waals surface area contributed by atoms with Crippen LogP contribution in [0.4, 0.5) is 0 Å². The summed E-state index contributed by atoms with van der Waals surface area (Å²) in [5.74, 6) is 0.422. The third-order valence-corrected chi connectivity index (χ3v) is 1.95. The van der Waals surface area contributed by atoms with Gasteiger partial charge in [0.1, 0.15) is 0 Å². The second kappa shape index (κ2) is 4.04. The maximum absolute atomic E-state index is 10.1. The number of aliphatic hydroxyl groups excluding tert-OH is 1. The molecule has 0 radical (unpaired) electrons. The van der Waals surface area contributed by atoms with Crippen LogP contribution in [-0.2, 0) is 0 Å². The minimum atomic E-state index is -0.148. The van der Waals surface area contributed by atoms with E-state index in [4.69, 9.17) is 5.11 Å². The van der Waals surface area contributed by atoms with E-state index in [0.29, 0.717) is 18.6 Å². The van der Waals surface area contributed by atoms with Crippen LogP contribution in [0.1, 0.15) is 26.2 Å². The van der Waals surface area contributed by atoms with Crippen molar-refractivity contribution >= 4 is 0 Å². The van der Waals surface area contributed by atoms with Crippen molar-refractivity contribution in [2.24, 2.45) is 5.18 Å². The molecule has 0 amide bonds. The van der Waals surface area contributed by atoms with Crippen molar-refractivity contribution in [3.63, 3.8) is 0 Å². The van der Waals surface area contributed by atoms with Gasteiger partial charge in [-0.05, 0) is 25.8 Å². The lowest BCUT2D eigenvalue weighted by molar-refractivity contribution is 0.384. The van der Waals surface area contributed by atoms with Crippen LogP contribution in [0.2, 0.25) is 0 Å². The van der Waals surface area contributed by atoms with E-state index in [1.165, 1.54) is 5.57 Å². The summed E-state index contributed by atoms with van der Waals surface area (Å²) in [7, 11) is 0. The molecule has 0 aromatic rings. The smallest absolute Gasteiger partial charge is 0.0928 e. The number of aliphatic hydroxyl groups is 1. The SMILES string of the molecule is CC(CC1=CC=C(O)CC1)N=O. The van der Waals surface area contributed by atoms with Gasteiger partial charge in [0.05, 0.1) is 11.8 Å². The summed E-state index contributed by atoms with van der Waals surface area (Å²) >= 11 is 0. The predicted octanol–water partition coefficient (Wildman–Crippen LogP) is 2.69. The number of hydrogen-bond donors (Lipinski definition) is 1. The van der Waals surface area contributed by atoms with E-state index >= 15 is 0 Å². The molecule has 0 bridgehead atoms. The quantitative estimate of drug-likeness (QED) is 0.657. The zero-order valence-electron chi connectivity index (χ0n) is 7.16. The highest BCUT2D eigenvalue weighted by atomic mass is 16.3. The Labute approximate surface area is 71.8 Å². The first-order valence-electron chi connectivity index (χ1n) is 4.12. The van der Waals surface area contributed by atoms with Crippen LogP contribution in [-0.4, -0.2) is 11.1 Å². The predicted molar refractivity (Wildman–Crippen MR) is 47.9 cm³/mol. The summed E-state index contributed by atoms with van der Waals surface area (Å²) in [5, 5.41) is 12.0. The van der Waals surface area contributed by atoms with E-state index in [2.05, 4.69) is 5.18 Å². The molecule has 3 nitrogen and oxygen atoms in total. The molecule has 0 heterocycles. The number of nitrogens with zero attached hydrogens (tertiary/aromatic N) is 1. The van der Waals surface area contributed by atoms with Crippen LogP contribution in [0.3, 0.4) is 0 Å². The Bertz CT molecular complexity index is 231. The lowest BCUT2D eigenvalue weighted by atomic mass is 9.98. The third kappa shape index (κ3) is 2.49. The molecule has 3 heteroatoms. The standard InChI is InChI=1S/C9H13NO2/c1-7(10-12)6-8-2-4-9(11)5-3-8/h2,4,7,11H,3,5-6H2,1H3. The molecule has 0 fully saturated rings. The van der Waals surface area contributed by atoms with Crippen LogP contribution in [0.15, 0.2) is 28.7 Å². The van der Waals surface area contributed by atoms with Crippen LogP contribution in [0.25, 0.3) is 0 Å². The first kappa shape index (κ1) is 8.97. The van der Waals surface area contributed by atoms with Gasteiger partial charge < -0.3 is 5.11 Å². The largest absolute Gasteiger partial charge is 0.512 e. The second-order valence-electron chi connectivity index (χ2n) is 3.14. The maximum Gasteiger partial charge on any atom is 0.0928 e. The van der Waals surface area contributed by atoms with Crippen LogP contribution in [0.5, 0.6) is 0 Å². The van der Waals surface area contributed by atoms with Gasteiger partial charge in [0.25, 0.3) is 0 Å². The fraction of sp³-hybridized carbons (Fsp3) is 0.556. The molecule has 12 heavy (non-hydrogen) atoms. The second-order valence-corrected chi connectivity index (χ2v) is 3.14. The summed E-state index contributed by atoms with van der Waals surface area (Å²) in [4.78, 5) is 10.1. The first-order chi connectivity index (χ1) is 5.72. The minimum absolute atomic E-state index is 0.148. The van der Waals surface area contributed by atoms with E-state index in [1.54, 1.807) is 13.0 Å². The molecule has 66 valence electrons. The van der Waals surface area contributed by atoms with Gasteiger partial charge in [-0.3, -0.25) is 0 Å². The third-order valence-electron chi connectivity index (χ3n) is 1.95. The van der Waals surface area contributed by atoms with Crippen molar-refractivity contribution < 1.29 is 5.11 Å². The Kier molecular flexibility index (Phi) is 3.02. The van der Waals surface area contributed by atoms with Crippen LogP contribution >= 0.6 is 0 Å². The number of rotatable bonds is 3. The minimum Gasteiger partial charge on any atom is -0.512 e. The molecular weight excluding hydrogens is 154 g/mol. The molecule has 0 saturated carbocycles. The fourth-order valence-corrected chi connectivity index (χ4v) is 1.26. The van der Waals surface area contributed by atoms with Crippen molar-refractivity contribution in [2.75, 3.05) is 0 Å². The number of hydrogen-bond acceptors (Lipinski definition) is 3. The van der Waals surface area contributed by atoms with Crippen molar-refractivity contribution in [3.8, 4) is 0 Å². The Balaban J connectivity index is 2.49. The molecule has 1 N–H and O–H groups in total. The monoisotopic (exact) mass is 167 g/mol. The number of nitroso groups, excluding NO2 is 1. The molecule has 0 aromatic heterocycles. The van der Waals surface area contributed by atoms with Gasteiger partial charge in [0.2, 0.25) is 0 Å². The van der Waals surface area contributed by atoms with Gasteiger partial charge in [-0.2, -0.15) is 4.91 Å². The van der Waals surface area contributed by atoms with Crippen molar-refractivity contribution in [1.29, 1.82) is 0 Å². The maximum atomic E-state index is 10.1. The Morgan fingerprint density at radius 3 is 2.83 bits per heavy atom. The van der Waals surface area contributed by atoms with Crippen LogP contribution in [0, 0.1) is 4.91 Å². The molecule has 1 aliphatic rings. The molecule has 1 atom stereocenters.